The van der Waals surface area contributed by atoms with E-state index >= 15 is 0 Å². The molecule has 0 spiro atoms. The zero-order valence-electron chi connectivity index (χ0n) is 6.81. The Morgan fingerprint density at radius 2 is 2.17 bits per heavy atom. The van der Waals surface area contributed by atoms with E-state index in [9.17, 15) is 0 Å². The molecular weight excluding hydrogens is 150 g/mol. The Morgan fingerprint density at radius 1 is 1.33 bits per heavy atom. The SMILES string of the molecule is C1=NO[C@H](Cc2ccccc2)C1. The van der Waals surface area contributed by atoms with Crippen molar-refractivity contribution >= 4 is 6.21 Å². The maximum absolute atomic E-state index is 5.13. The number of hydrogen-bond acceptors (Lipinski definition) is 2. The molecule has 0 aromatic heterocycles. The van der Waals surface area contributed by atoms with Crippen LogP contribution in [0.5, 0.6) is 0 Å². The van der Waals surface area contributed by atoms with Gasteiger partial charge in [0, 0.05) is 19.1 Å². The second kappa shape index (κ2) is 3.39. The molecule has 1 aromatic rings. The molecule has 0 N–H and O–H groups in total. The maximum Gasteiger partial charge on any atom is 0.136 e. The third kappa shape index (κ3) is 1.64. The van der Waals surface area contributed by atoms with E-state index in [-0.39, 0.29) is 6.10 Å². The second-order valence-corrected chi connectivity index (χ2v) is 2.94. The van der Waals surface area contributed by atoms with E-state index < -0.39 is 0 Å². The molecule has 1 atom stereocenters. The standard InChI is InChI=1S/C10H11NO/c1-2-4-9(5-3-1)8-10-6-7-11-12-10/h1-5,7,10H,6,8H2/t10-/m0/s1. The second-order valence-electron chi connectivity index (χ2n) is 2.94. The molecule has 0 saturated heterocycles. The van der Waals surface area contributed by atoms with Gasteiger partial charge in [0.1, 0.15) is 6.10 Å². The molecule has 2 heteroatoms. The summed E-state index contributed by atoms with van der Waals surface area (Å²) in [4.78, 5) is 5.13. The summed E-state index contributed by atoms with van der Waals surface area (Å²) in [6.45, 7) is 0. The van der Waals surface area contributed by atoms with Crippen molar-refractivity contribution in [2.24, 2.45) is 5.16 Å². The molecule has 1 aromatic carbocycles. The van der Waals surface area contributed by atoms with E-state index in [1.807, 2.05) is 24.4 Å². The normalized spacial score (nSPS) is 20.8. The number of benzene rings is 1. The zero-order chi connectivity index (χ0) is 8.23. The summed E-state index contributed by atoms with van der Waals surface area (Å²) < 4.78 is 0. The van der Waals surface area contributed by atoms with Crippen LogP contribution in [0.15, 0.2) is 35.5 Å². The van der Waals surface area contributed by atoms with Gasteiger partial charge in [-0.15, -0.1) is 0 Å². The third-order valence-electron chi connectivity index (χ3n) is 1.96. The minimum Gasteiger partial charge on any atom is -0.392 e. The summed E-state index contributed by atoms with van der Waals surface area (Å²) in [5.74, 6) is 0. The Bertz CT molecular complexity index is 260. The Balaban J connectivity index is 1.95. The summed E-state index contributed by atoms with van der Waals surface area (Å²) in [5, 5.41) is 3.74. The van der Waals surface area contributed by atoms with E-state index in [1.165, 1.54) is 5.56 Å². The van der Waals surface area contributed by atoms with E-state index in [0.29, 0.717) is 0 Å². The van der Waals surface area contributed by atoms with Crippen LogP contribution in [0.25, 0.3) is 0 Å². The van der Waals surface area contributed by atoms with Crippen molar-refractivity contribution in [2.45, 2.75) is 18.9 Å². The van der Waals surface area contributed by atoms with Crippen LogP contribution in [0.4, 0.5) is 0 Å². The topological polar surface area (TPSA) is 21.6 Å². The van der Waals surface area contributed by atoms with Gasteiger partial charge in [-0.3, -0.25) is 0 Å². The molecular formula is C10H11NO. The molecule has 0 aliphatic carbocycles. The van der Waals surface area contributed by atoms with Gasteiger partial charge in [0.25, 0.3) is 0 Å². The fraction of sp³-hybridized carbons (Fsp3) is 0.300. The van der Waals surface area contributed by atoms with Crippen LogP contribution < -0.4 is 0 Å². The monoisotopic (exact) mass is 161 g/mol. The minimum absolute atomic E-state index is 0.257. The Morgan fingerprint density at radius 3 is 2.83 bits per heavy atom. The van der Waals surface area contributed by atoms with Crippen LogP contribution >= 0.6 is 0 Å². The van der Waals surface area contributed by atoms with E-state index in [1.54, 1.807) is 0 Å². The first kappa shape index (κ1) is 7.35. The molecule has 2 rings (SSSR count). The largest absolute Gasteiger partial charge is 0.392 e. The summed E-state index contributed by atoms with van der Waals surface area (Å²) >= 11 is 0. The summed E-state index contributed by atoms with van der Waals surface area (Å²) in [6, 6.07) is 10.3. The number of oxime groups is 1. The maximum atomic E-state index is 5.13. The first-order valence-electron chi connectivity index (χ1n) is 4.17. The number of rotatable bonds is 2. The molecule has 1 aliphatic rings. The van der Waals surface area contributed by atoms with E-state index in [2.05, 4.69) is 17.3 Å². The molecule has 0 saturated carbocycles. The molecule has 1 heterocycles. The van der Waals surface area contributed by atoms with Crippen molar-refractivity contribution in [1.29, 1.82) is 0 Å². The van der Waals surface area contributed by atoms with Gasteiger partial charge in [0.05, 0.1) is 0 Å². The van der Waals surface area contributed by atoms with Crippen molar-refractivity contribution in [3.63, 3.8) is 0 Å². The highest BCUT2D eigenvalue weighted by atomic mass is 16.6. The van der Waals surface area contributed by atoms with Crippen LogP contribution in [0.2, 0.25) is 0 Å². The molecule has 62 valence electrons. The van der Waals surface area contributed by atoms with Crippen LogP contribution in [-0.4, -0.2) is 12.3 Å². The predicted octanol–water partition coefficient (Wildman–Crippen LogP) is 2.00. The molecule has 12 heavy (non-hydrogen) atoms. The number of nitrogens with zero attached hydrogens (tertiary/aromatic N) is 1. The van der Waals surface area contributed by atoms with Crippen LogP contribution in [0.3, 0.4) is 0 Å². The lowest BCUT2D eigenvalue weighted by Crippen LogP contribution is -2.08. The Hall–Kier alpha value is -1.31. The number of hydrogen-bond donors (Lipinski definition) is 0. The highest BCUT2D eigenvalue weighted by Crippen LogP contribution is 2.11. The van der Waals surface area contributed by atoms with Crippen LogP contribution in [0, 0.1) is 0 Å². The molecule has 2 nitrogen and oxygen atoms in total. The van der Waals surface area contributed by atoms with Crippen molar-refractivity contribution in [2.75, 3.05) is 0 Å². The smallest absolute Gasteiger partial charge is 0.136 e. The van der Waals surface area contributed by atoms with Crippen LogP contribution in [-0.2, 0) is 11.3 Å². The van der Waals surface area contributed by atoms with Crippen molar-refractivity contribution < 1.29 is 4.84 Å². The average molecular weight is 161 g/mol. The lowest BCUT2D eigenvalue weighted by atomic mass is 10.1. The Kier molecular flexibility index (Phi) is 2.08. The fourth-order valence-corrected chi connectivity index (χ4v) is 1.33. The van der Waals surface area contributed by atoms with Crippen molar-refractivity contribution in [3.8, 4) is 0 Å². The predicted molar refractivity (Wildman–Crippen MR) is 48.1 cm³/mol. The van der Waals surface area contributed by atoms with Crippen molar-refractivity contribution in [3.05, 3.63) is 35.9 Å². The van der Waals surface area contributed by atoms with E-state index in [0.717, 1.165) is 12.8 Å². The van der Waals surface area contributed by atoms with Crippen molar-refractivity contribution in [1.82, 2.24) is 0 Å². The molecule has 0 radical (unpaired) electrons. The summed E-state index contributed by atoms with van der Waals surface area (Å²) in [5.41, 5.74) is 1.31. The fourth-order valence-electron chi connectivity index (χ4n) is 1.33. The first-order chi connectivity index (χ1) is 5.95. The molecule has 0 fully saturated rings. The van der Waals surface area contributed by atoms with Gasteiger partial charge in [-0.05, 0) is 5.56 Å². The lowest BCUT2D eigenvalue weighted by molar-refractivity contribution is 0.0860. The molecule has 1 aliphatic heterocycles. The van der Waals surface area contributed by atoms with Gasteiger partial charge in [-0.1, -0.05) is 35.5 Å². The quantitative estimate of drug-likeness (QED) is 0.650. The highest BCUT2D eigenvalue weighted by molar-refractivity contribution is 5.58. The summed E-state index contributed by atoms with van der Waals surface area (Å²) in [7, 11) is 0. The minimum atomic E-state index is 0.257. The van der Waals surface area contributed by atoms with Gasteiger partial charge in [0.15, 0.2) is 0 Å². The lowest BCUT2D eigenvalue weighted by Gasteiger charge is -2.06. The average Bonchev–Trinajstić information content (AvgIpc) is 2.59. The van der Waals surface area contributed by atoms with Gasteiger partial charge in [-0.25, -0.2) is 0 Å². The van der Waals surface area contributed by atoms with Gasteiger partial charge < -0.3 is 4.84 Å². The van der Waals surface area contributed by atoms with Gasteiger partial charge in [0.2, 0.25) is 0 Å². The molecule has 0 bridgehead atoms. The molecule has 0 unspecified atom stereocenters. The zero-order valence-corrected chi connectivity index (χ0v) is 6.81. The third-order valence-corrected chi connectivity index (χ3v) is 1.96. The van der Waals surface area contributed by atoms with E-state index in [4.69, 9.17) is 4.84 Å². The van der Waals surface area contributed by atoms with Gasteiger partial charge in [-0.2, -0.15) is 0 Å². The summed E-state index contributed by atoms with van der Waals surface area (Å²) in [6.07, 6.45) is 3.98. The van der Waals surface area contributed by atoms with Crippen LogP contribution in [0.1, 0.15) is 12.0 Å². The highest BCUT2D eigenvalue weighted by Gasteiger charge is 2.12. The Labute approximate surface area is 71.8 Å². The van der Waals surface area contributed by atoms with Gasteiger partial charge >= 0.3 is 0 Å². The first-order valence-corrected chi connectivity index (χ1v) is 4.17. The molecule has 0 amide bonds.